The number of carbonyl (C=O) groups is 2. The van der Waals surface area contributed by atoms with Crippen LogP contribution in [0.15, 0.2) is 34.9 Å². The number of nitrogens with zero attached hydrogens (tertiary/aromatic N) is 5. The minimum absolute atomic E-state index is 0.0898. The van der Waals surface area contributed by atoms with Gasteiger partial charge in [-0.25, -0.2) is 9.59 Å². The van der Waals surface area contributed by atoms with Crippen LogP contribution in [0.2, 0.25) is 0 Å². The minimum Gasteiger partial charge on any atom is -0.444 e. The van der Waals surface area contributed by atoms with Gasteiger partial charge in [0.15, 0.2) is 5.82 Å². The number of hydrogen-bond acceptors (Lipinski definition) is 8. The van der Waals surface area contributed by atoms with Gasteiger partial charge in [-0.05, 0) is 66.4 Å². The highest BCUT2D eigenvalue weighted by molar-refractivity contribution is 5.70. The van der Waals surface area contributed by atoms with Gasteiger partial charge in [0.1, 0.15) is 11.2 Å². The van der Waals surface area contributed by atoms with Gasteiger partial charge in [0.2, 0.25) is 0 Å². The molecule has 10 nitrogen and oxygen atoms in total. The third kappa shape index (κ3) is 6.47. The Morgan fingerprint density at radius 2 is 1.64 bits per heavy atom. The maximum atomic E-state index is 13.4. The summed E-state index contributed by atoms with van der Waals surface area (Å²) in [6.07, 6.45) is 2.10. The molecule has 2 amide bonds. The van der Waals surface area contributed by atoms with Gasteiger partial charge in [0.25, 0.3) is 0 Å². The molecule has 2 aliphatic carbocycles. The molecule has 39 heavy (non-hydrogen) atoms. The largest absolute Gasteiger partial charge is 0.444 e. The number of aromatic nitrogens is 2. The molecule has 1 aliphatic heterocycles. The van der Waals surface area contributed by atoms with Crippen molar-refractivity contribution < 1.29 is 23.6 Å². The summed E-state index contributed by atoms with van der Waals surface area (Å²) in [7, 11) is 0. The Bertz CT molecular complexity index is 1170. The van der Waals surface area contributed by atoms with Gasteiger partial charge >= 0.3 is 18.2 Å². The van der Waals surface area contributed by atoms with Crippen LogP contribution in [0.1, 0.15) is 78.1 Å². The molecule has 2 saturated carbocycles. The maximum absolute atomic E-state index is 13.4. The van der Waals surface area contributed by atoms with Crippen molar-refractivity contribution in [1.29, 1.82) is 0 Å². The number of hydrogen-bond donors (Lipinski definition) is 0. The van der Waals surface area contributed by atoms with E-state index in [4.69, 9.17) is 19.0 Å². The lowest BCUT2D eigenvalue weighted by molar-refractivity contribution is 0.0205. The third-order valence-electron chi connectivity index (χ3n) is 7.43. The molecule has 2 heterocycles. The Morgan fingerprint density at radius 1 is 1.00 bits per heavy atom. The Labute approximate surface area is 230 Å². The van der Waals surface area contributed by atoms with Crippen LogP contribution in [0.5, 0.6) is 0 Å². The quantitative estimate of drug-likeness (QED) is 0.508. The van der Waals surface area contributed by atoms with Crippen LogP contribution in [0, 0.1) is 0 Å². The van der Waals surface area contributed by atoms with E-state index < -0.39 is 11.2 Å². The number of rotatable bonds is 6. The van der Waals surface area contributed by atoms with Crippen molar-refractivity contribution in [3.8, 4) is 0 Å². The zero-order valence-corrected chi connectivity index (χ0v) is 24.0. The molecular weight excluding hydrogens is 498 g/mol. The van der Waals surface area contributed by atoms with Crippen molar-refractivity contribution in [3.05, 3.63) is 41.7 Å². The number of ether oxygens (including phenoxy) is 2. The summed E-state index contributed by atoms with van der Waals surface area (Å²) >= 11 is 0. The first-order valence-electron chi connectivity index (χ1n) is 14.0. The highest BCUT2D eigenvalue weighted by Crippen LogP contribution is 2.52. The van der Waals surface area contributed by atoms with Crippen molar-refractivity contribution in [2.45, 2.75) is 89.4 Å². The fourth-order valence-electron chi connectivity index (χ4n) is 5.12. The molecule has 2 atom stereocenters. The molecule has 0 unspecified atom stereocenters. The van der Waals surface area contributed by atoms with Gasteiger partial charge in [-0.2, -0.15) is 4.98 Å². The van der Waals surface area contributed by atoms with Crippen LogP contribution in [-0.4, -0.2) is 82.1 Å². The van der Waals surface area contributed by atoms with E-state index in [9.17, 15) is 9.59 Å². The summed E-state index contributed by atoms with van der Waals surface area (Å²) in [6.45, 7) is 14.0. The Morgan fingerprint density at radius 3 is 2.23 bits per heavy atom. The van der Waals surface area contributed by atoms with Crippen LogP contribution in [0.4, 0.5) is 15.6 Å². The Hall–Kier alpha value is -3.30. The van der Waals surface area contributed by atoms with Gasteiger partial charge in [0, 0.05) is 44.7 Å². The average molecular weight is 540 g/mol. The molecular formula is C29H41N5O5. The van der Waals surface area contributed by atoms with Gasteiger partial charge < -0.3 is 28.7 Å². The fraction of sp³-hybridized carbons (Fsp3) is 0.655. The second-order valence-corrected chi connectivity index (χ2v) is 13.1. The zero-order valence-electron chi connectivity index (χ0n) is 24.0. The standard InChI is InChI=1S/C29H41N5O5/c1-27(2,3)37-25(35)33-16-14-32(15-17-33)24-30-23(31-39-24)29(12-13-29)19-34(26(36)38-28(4,5)6)22-18-21(22)20-10-8-7-9-11-20/h7-11,21-22H,12-19H2,1-6H3/t21-,22+/m0/s1. The van der Waals surface area contributed by atoms with Crippen molar-refractivity contribution in [3.63, 3.8) is 0 Å². The lowest BCUT2D eigenvalue weighted by Gasteiger charge is -2.34. The molecule has 3 aliphatic rings. The van der Waals surface area contributed by atoms with Gasteiger partial charge in [-0.3, -0.25) is 0 Å². The molecule has 1 aromatic carbocycles. The summed E-state index contributed by atoms with van der Waals surface area (Å²) in [5.41, 5.74) is -0.193. The van der Waals surface area contributed by atoms with E-state index in [2.05, 4.69) is 17.3 Å². The second kappa shape index (κ2) is 10.0. The molecule has 0 spiro atoms. The molecule has 0 radical (unpaired) electrons. The molecule has 3 fully saturated rings. The second-order valence-electron chi connectivity index (χ2n) is 13.1. The number of anilines is 1. The fourth-order valence-corrected chi connectivity index (χ4v) is 5.12. The van der Waals surface area contributed by atoms with Gasteiger partial charge in [-0.1, -0.05) is 35.5 Å². The summed E-state index contributed by atoms with van der Waals surface area (Å²) in [4.78, 5) is 36.2. The summed E-state index contributed by atoms with van der Waals surface area (Å²) in [5, 5.41) is 4.36. The summed E-state index contributed by atoms with van der Waals surface area (Å²) in [6, 6.07) is 10.9. The first kappa shape index (κ1) is 27.3. The predicted molar refractivity (Wildman–Crippen MR) is 146 cm³/mol. The van der Waals surface area contributed by atoms with Crippen molar-refractivity contribution in [2.24, 2.45) is 0 Å². The number of piperazine rings is 1. The normalized spacial score (nSPS) is 22.3. The minimum atomic E-state index is -0.579. The molecule has 212 valence electrons. The van der Waals surface area contributed by atoms with E-state index in [1.165, 1.54) is 5.56 Å². The molecule has 1 saturated heterocycles. The first-order chi connectivity index (χ1) is 18.3. The van der Waals surface area contributed by atoms with E-state index in [1.54, 1.807) is 4.90 Å². The number of carbonyl (C=O) groups excluding carboxylic acids is 2. The van der Waals surface area contributed by atoms with Crippen LogP contribution in [0.3, 0.4) is 0 Å². The Kier molecular flexibility index (Phi) is 7.01. The highest BCUT2D eigenvalue weighted by Gasteiger charge is 2.55. The Balaban J connectivity index is 1.25. The number of amides is 2. The molecule has 2 aromatic rings. The molecule has 0 N–H and O–H groups in total. The van der Waals surface area contributed by atoms with Crippen molar-refractivity contribution >= 4 is 18.2 Å². The number of benzene rings is 1. The van der Waals surface area contributed by atoms with E-state index in [1.807, 2.05) is 69.5 Å². The third-order valence-corrected chi connectivity index (χ3v) is 7.43. The molecule has 1 aromatic heterocycles. The average Bonchev–Trinajstić information content (AvgIpc) is 3.77. The van der Waals surface area contributed by atoms with E-state index >= 15 is 0 Å². The monoisotopic (exact) mass is 539 g/mol. The van der Waals surface area contributed by atoms with Crippen LogP contribution >= 0.6 is 0 Å². The zero-order chi connectivity index (χ0) is 28.0. The van der Waals surface area contributed by atoms with Crippen molar-refractivity contribution in [2.75, 3.05) is 37.6 Å². The van der Waals surface area contributed by atoms with Crippen LogP contribution in [-0.2, 0) is 14.9 Å². The van der Waals surface area contributed by atoms with E-state index in [0.717, 1.165) is 19.3 Å². The highest BCUT2D eigenvalue weighted by atomic mass is 16.6. The molecule has 10 heteroatoms. The van der Waals surface area contributed by atoms with E-state index in [-0.39, 0.29) is 23.6 Å². The SMILES string of the molecule is CC(C)(C)OC(=O)N1CCN(c2nc(C3(CN(C(=O)OC(C)(C)C)[C@@H]4C[C@H]4c4ccccc4)CC3)no2)CC1. The topological polar surface area (TPSA) is 101 Å². The van der Waals surface area contributed by atoms with Crippen molar-refractivity contribution in [1.82, 2.24) is 19.9 Å². The lowest BCUT2D eigenvalue weighted by atomic mass is 10.1. The van der Waals surface area contributed by atoms with E-state index in [0.29, 0.717) is 50.5 Å². The smallest absolute Gasteiger partial charge is 0.410 e. The molecule has 5 rings (SSSR count). The van der Waals surface area contributed by atoms with Gasteiger partial charge in [0.05, 0.1) is 5.41 Å². The lowest BCUT2D eigenvalue weighted by Crippen LogP contribution is -2.50. The summed E-state index contributed by atoms with van der Waals surface area (Å²) in [5.74, 6) is 0.939. The predicted octanol–water partition coefficient (Wildman–Crippen LogP) is 4.95. The van der Waals surface area contributed by atoms with Crippen LogP contribution in [0.25, 0.3) is 0 Å². The first-order valence-corrected chi connectivity index (χ1v) is 14.0. The maximum Gasteiger partial charge on any atom is 0.410 e. The summed E-state index contributed by atoms with van der Waals surface area (Å²) < 4.78 is 17.0. The van der Waals surface area contributed by atoms with Gasteiger partial charge in [-0.15, -0.1) is 0 Å². The van der Waals surface area contributed by atoms with Crippen LogP contribution < -0.4 is 4.90 Å². The molecule has 0 bridgehead atoms.